The number of nitrogens with zero attached hydrogens (tertiary/aromatic N) is 3. The van der Waals surface area contributed by atoms with E-state index >= 15 is 0 Å². The molecule has 0 aliphatic carbocycles. The number of aryl methyl sites for hydroxylation is 2. The predicted molar refractivity (Wildman–Crippen MR) is 114 cm³/mol. The summed E-state index contributed by atoms with van der Waals surface area (Å²) in [6, 6.07) is 11.4. The Hall–Kier alpha value is -3.88. The lowest BCUT2D eigenvalue weighted by molar-refractivity contribution is -0.355. The summed E-state index contributed by atoms with van der Waals surface area (Å²) in [7, 11) is 3.06. The molecule has 0 saturated heterocycles. The third-order valence-corrected chi connectivity index (χ3v) is 5.13. The molecule has 2 N–H and O–H groups in total. The molecule has 0 unspecified atom stereocenters. The first-order valence-electron chi connectivity index (χ1n) is 9.80. The molecule has 2 aromatic carbocycles. The van der Waals surface area contributed by atoms with E-state index in [9.17, 15) is 9.59 Å². The molecule has 160 valence electrons. The van der Waals surface area contributed by atoms with Crippen LogP contribution >= 0.6 is 0 Å². The van der Waals surface area contributed by atoms with Crippen LogP contribution in [-0.4, -0.2) is 34.3 Å². The zero-order valence-corrected chi connectivity index (χ0v) is 17.9. The van der Waals surface area contributed by atoms with Gasteiger partial charge in [-0.3, -0.25) is 9.36 Å². The van der Waals surface area contributed by atoms with Gasteiger partial charge in [-0.25, -0.2) is 9.78 Å². The Labute approximate surface area is 178 Å². The van der Waals surface area contributed by atoms with Gasteiger partial charge < -0.3 is 14.8 Å². The van der Waals surface area contributed by atoms with Crippen molar-refractivity contribution in [1.29, 1.82) is 0 Å². The number of methoxy groups -OCH3 is 2. The Morgan fingerprint density at radius 1 is 1.10 bits per heavy atom. The molecule has 4 aromatic rings. The van der Waals surface area contributed by atoms with Crippen molar-refractivity contribution in [2.45, 2.75) is 26.9 Å². The predicted octanol–water partition coefficient (Wildman–Crippen LogP) is 1.41. The van der Waals surface area contributed by atoms with E-state index in [-0.39, 0.29) is 12.5 Å². The lowest BCUT2D eigenvalue weighted by Gasteiger charge is -2.13. The minimum Gasteiger partial charge on any atom is -0.493 e. The van der Waals surface area contributed by atoms with Gasteiger partial charge in [-0.15, -0.1) is 0 Å². The number of carbonyl (C=O) groups is 1. The summed E-state index contributed by atoms with van der Waals surface area (Å²) in [5.41, 5.74) is 2.77. The van der Waals surface area contributed by atoms with Crippen LogP contribution in [0.3, 0.4) is 0 Å². The van der Waals surface area contributed by atoms with Gasteiger partial charge in [0.15, 0.2) is 11.5 Å². The number of hydrogen-bond donors (Lipinski definition) is 1. The quantitative estimate of drug-likeness (QED) is 0.506. The number of aromatic amines is 1. The number of ether oxygens (including phenoxy) is 2. The Bertz CT molecular complexity index is 1340. The Kier molecular flexibility index (Phi) is 5.33. The van der Waals surface area contributed by atoms with E-state index in [2.05, 4.69) is 15.4 Å². The standard InChI is InChI=1S/C22H23N5O4/c1-13-5-7-15(8-6-13)11-23-20(28)12-26-17-10-19(31-4)18(30-3)9-16(17)21-24-14(2)25-27(21)22(26)29/h5-10H,11-12H2,1-4H3,(H,23,28)/p+1. The molecule has 2 heterocycles. The zero-order chi connectivity index (χ0) is 22.1. The monoisotopic (exact) mass is 422 g/mol. The highest BCUT2D eigenvalue weighted by Gasteiger charge is 2.23. The summed E-state index contributed by atoms with van der Waals surface area (Å²) in [5.74, 6) is 1.27. The SMILES string of the molecule is COc1cc2c(cc1OC)n(CC(=O)NCc1ccc(C)cc1)c(=O)n1nc(C)[nH+]c21. The van der Waals surface area contributed by atoms with Crippen LogP contribution < -0.4 is 25.5 Å². The highest BCUT2D eigenvalue weighted by Crippen LogP contribution is 2.32. The van der Waals surface area contributed by atoms with E-state index in [1.807, 2.05) is 31.2 Å². The maximum Gasteiger partial charge on any atom is 0.424 e. The van der Waals surface area contributed by atoms with Crippen LogP contribution in [0.2, 0.25) is 0 Å². The largest absolute Gasteiger partial charge is 0.493 e. The number of rotatable bonds is 6. The highest BCUT2D eigenvalue weighted by molar-refractivity contribution is 5.93. The minimum absolute atomic E-state index is 0.161. The third kappa shape index (κ3) is 3.81. The molecule has 0 aliphatic heterocycles. The van der Waals surface area contributed by atoms with E-state index in [4.69, 9.17) is 9.47 Å². The van der Waals surface area contributed by atoms with Gasteiger partial charge in [-0.05, 0) is 17.0 Å². The summed E-state index contributed by atoms with van der Waals surface area (Å²) in [4.78, 5) is 29.0. The van der Waals surface area contributed by atoms with Gasteiger partial charge in [0.25, 0.3) is 11.5 Å². The van der Waals surface area contributed by atoms with Crippen LogP contribution in [0.25, 0.3) is 16.6 Å². The summed E-state index contributed by atoms with van der Waals surface area (Å²) in [6.45, 7) is 3.98. The Balaban J connectivity index is 1.76. The molecule has 0 atom stereocenters. The molecular weight excluding hydrogens is 398 g/mol. The van der Waals surface area contributed by atoms with Gasteiger partial charge in [0.1, 0.15) is 6.54 Å². The first kappa shape index (κ1) is 20.4. The summed E-state index contributed by atoms with van der Waals surface area (Å²) in [5, 5.41) is 7.81. The molecule has 31 heavy (non-hydrogen) atoms. The van der Waals surface area contributed by atoms with Gasteiger partial charge in [0.05, 0.1) is 30.2 Å². The summed E-state index contributed by atoms with van der Waals surface area (Å²) in [6.07, 6.45) is 0. The number of H-pyrrole nitrogens is 1. The summed E-state index contributed by atoms with van der Waals surface area (Å²) < 4.78 is 13.5. The number of amides is 1. The van der Waals surface area contributed by atoms with Gasteiger partial charge in [-0.2, -0.15) is 0 Å². The molecule has 9 nitrogen and oxygen atoms in total. The minimum atomic E-state index is -0.426. The maximum atomic E-state index is 13.1. The molecule has 0 saturated carbocycles. The number of fused-ring (bicyclic) bond motifs is 3. The normalized spacial score (nSPS) is 11.1. The van der Waals surface area contributed by atoms with Crippen molar-refractivity contribution in [3.63, 3.8) is 0 Å². The van der Waals surface area contributed by atoms with Crippen molar-refractivity contribution < 1.29 is 19.3 Å². The van der Waals surface area contributed by atoms with E-state index < -0.39 is 5.69 Å². The van der Waals surface area contributed by atoms with Gasteiger partial charge in [0.2, 0.25) is 5.91 Å². The molecule has 0 aliphatic rings. The van der Waals surface area contributed by atoms with Gasteiger partial charge >= 0.3 is 5.69 Å². The molecule has 0 fully saturated rings. The molecule has 0 spiro atoms. The van der Waals surface area contributed by atoms with E-state index in [0.29, 0.717) is 40.4 Å². The third-order valence-electron chi connectivity index (χ3n) is 5.13. The van der Waals surface area contributed by atoms with E-state index in [1.165, 1.54) is 16.2 Å². The molecule has 0 bridgehead atoms. The highest BCUT2D eigenvalue weighted by atomic mass is 16.5. The molecule has 0 radical (unpaired) electrons. The van der Waals surface area contributed by atoms with Crippen molar-refractivity contribution in [3.05, 3.63) is 63.8 Å². The van der Waals surface area contributed by atoms with Crippen molar-refractivity contribution in [2.24, 2.45) is 0 Å². The Morgan fingerprint density at radius 3 is 2.45 bits per heavy atom. The van der Waals surface area contributed by atoms with Crippen molar-refractivity contribution >= 4 is 22.5 Å². The average molecular weight is 422 g/mol. The van der Waals surface area contributed by atoms with Crippen LogP contribution in [0.4, 0.5) is 0 Å². The molecule has 1 amide bonds. The van der Waals surface area contributed by atoms with Crippen LogP contribution in [0.5, 0.6) is 11.5 Å². The lowest BCUT2D eigenvalue weighted by atomic mass is 10.1. The molecular formula is C22H24N5O4+. The zero-order valence-electron chi connectivity index (χ0n) is 17.9. The second-order valence-corrected chi connectivity index (χ2v) is 7.33. The number of aromatic nitrogens is 4. The van der Waals surface area contributed by atoms with Crippen molar-refractivity contribution in [2.75, 3.05) is 14.2 Å². The molecule has 2 aromatic heterocycles. The van der Waals surface area contributed by atoms with Gasteiger partial charge in [0, 0.05) is 25.6 Å². The van der Waals surface area contributed by atoms with Crippen molar-refractivity contribution in [1.82, 2.24) is 19.5 Å². The fraction of sp³-hybridized carbons (Fsp3) is 0.273. The lowest BCUT2D eigenvalue weighted by Crippen LogP contribution is -2.35. The molecule has 9 heteroatoms. The van der Waals surface area contributed by atoms with Gasteiger partial charge in [-0.1, -0.05) is 29.8 Å². The Morgan fingerprint density at radius 2 is 1.77 bits per heavy atom. The maximum absolute atomic E-state index is 13.1. The molecule has 4 rings (SSSR count). The van der Waals surface area contributed by atoms with E-state index in [1.54, 1.807) is 26.2 Å². The smallest absolute Gasteiger partial charge is 0.424 e. The number of hydrogen-bond acceptors (Lipinski definition) is 5. The van der Waals surface area contributed by atoms with E-state index in [0.717, 1.165) is 11.1 Å². The first-order valence-corrected chi connectivity index (χ1v) is 9.80. The van der Waals surface area contributed by atoms with Crippen LogP contribution in [0.1, 0.15) is 17.0 Å². The van der Waals surface area contributed by atoms with Crippen LogP contribution in [-0.2, 0) is 17.9 Å². The fourth-order valence-electron chi connectivity index (χ4n) is 3.53. The number of benzene rings is 2. The fourth-order valence-corrected chi connectivity index (χ4v) is 3.53. The second kappa shape index (κ2) is 8.10. The number of carbonyl (C=O) groups excluding carboxylic acids is 1. The number of nitrogens with one attached hydrogen (secondary N) is 2. The van der Waals surface area contributed by atoms with Crippen LogP contribution in [0.15, 0.2) is 41.2 Å². The summed E-state index contributed by atoms with van der Waals surface area (Å²) >= 11 is 0. The van der Waals surface area contributed by atoms with Crippen LogP contribution in [0, 0.1) is 13.8 Å². The topological polar surface area (TPSA) is 101 Å². The second-order valence-electron chi connectivity index (χ2n) is 7.33. The average Bonchev–Trinajstić information content (AvgIpc) is 3.17. The first-order chi connectivity index (χ1) is 14.9. The van der Waals surface area contributed by atoms with Crippen molar-refractivity contribution in [3.8, 4) is 11.5 Å².